The number of para-hydroxylation sites is 1. The van der Waals surface area contributed by atoms with Crippen LogP contribution in [-0.4, -0.2) is 56.6 Å². The molecule has 0 spiro atoms. The summed E-state index contributed by atoms with van der Waals surface area (Å²) in [6.07, 6.45) is 0.121. The maximum atomic E-state index is 11.7. The van der Waals surface area contributed by atoms with Crippen molar-refractivity contribution < 1.29 is 28.9 Å². The molecule has 7 nitrogen and oxygen atoms in total. The van der Waals surface area contributed by atoms with Crippen LogP contribution in [0.25, 0.3) is 0 Å². The molecule has 0 aliphatic carbocycles. The Bertz CT molecular complexity index is 505. The SMILES string of the molecule is CCOCC(=O)N[C@@H](Cc1ccccc1OCCOC)C(=O)O. The quantitative estimate of drug-likeness (QED) is 0.586. The molecule has 7 heteroatoms. The molecule has 0 aliphatic heterocycles. The first-order valence-corrected chi connectivity index (χ1v) is 7.38. The average Bonchev–Trinajstić information content (AvgIpc) is 2.54. The standard InChI is InChI=1S/C16H23NO6/c1-3-22-11-15(18)17-13(16(19)20)10-12-6-4-5-7-14(12)23-9-8-21-2/h4-7,13H,3,8-11H2,1-2H3,(H,17,18)(H,19,20)/t13-/m0/s1. The fraction of sp³-hybridized carbons (Fsp3) is 0.500. The third-order valence-electron chi connectivity index (χ3n) is 3.01. The van der Waals surface area contributed by atoms with E-state index in [1.54, 1.807) is 38.3 Å². The van der Waals surface area contributed by atoms with Gasteiger partial charge in [0.2, 0.25) is 5.91 Å². The van der Waals surface area contributed by atoms with E-state index in [1.807, 2.05) is 0 Å². The highest BCUT2D eigenvalue weighted by Gasteiger charge is 2.22. The lowest BCUT2D eigenvalue weighted by molar-refractivity contribution is -0.142. The molecule has 0 saturated carbocycles. The molecule has 0 bridgehead atoms. The highest BCUT2D eigenvalue weighted by atomic mass is 16.5. The predicted octanol–water partition coefficient (Wildman–Crippen LogP) is 0.860. The van der Waals surface area contributed by atoms with E-state index in [0.717, 1.165) is 0 Å². The van der Waals surface area contributed by atoms with Gasteiger partial charge in [-0.05, 0) is 18.6 Å². The Morgan fingerprint density at radius 1 is 1.26 bits per heavy atom. The van der Waals surface area contributed by atoms with Gasteiger partial charge in [-0.2, -0.15) is 0 Å². The van der Waals surface area contributed by atoms with Gasteiger partial charge in [0.15, 0.2) is 0 Å². The zero-order chi connectivity index (χ0) is 17.1. The molecule has 23 heavy (non-hydrogen) atoms. The fourth-order valence-corrected chi connectivity index (χ4v) is 1.90. The monoisotopic (exact) mass is 325 g/mol. The van der Waals surface area contributed by atoms with Gasteiger partial charge in [-0.3, -0.25) is 4.79 Å². The number of ether oxygens (including phenoxy) is 3. The van der Waals surface area contributed by atoms with E-state index >= 15 is 0 Å². The molecule has 1 atom stereocenters. The molecule has 0 saturated heterocycles. The Kier molecular flexibility index (Phi) is 8.71. The summed E-state index contributed by atoms with van der Waals surface area (Å²) in [5.74, 6) is -0.992. The number of amides is 1. The Morgan fingerprint density at radius 2 is 2.00 bits per heavy atom. The van der Waals surface area contributed by atoms with Crippen molar-refractivity contribution in [3.05, 3.63) is 29.8 Å². The van der Waals surface area contributed by atoms with Gasteiger partial charge < -0.3 is 24.6 Å². The lowest BCUT2D eigenvalue weighted by atomic mass is 10.0. The molecule has 0 aliphatic rings. The van der Waals surface area contributed by atoms with Crippen LogP contribution in [-0.2, 0) is 25.5 Å². The van der Waals surface area contributed by atoms with Crippen LogP contribution in [0.1, 0.15) is 12.5 Å². The maximum absolute atomic E-state index is 11.7. The first-order valence-electron chi connectivity index (χ1n) is 7.38. The van der Waals surface area contributed by atoms with Crippen molar-refractivity contribution >= 4 is 11.9 Å². The number of carbonyl (C=O) groups is 2. The summed E-state index contributed by atoms with van der Waals surface area (Å²) in [4.78, 5) is 23.0. The first-order chi connectivity index (χ1) is 11.1. The number of nitrogens with one attached hydrogen (secondary N) is 1. The largest absolute Gasteiger partial charge is 0.491 e. The fourth-order valence-electron chi connectivity index (χ4n) is 1.90. The molecular formula is C16H23NO6. The third kappa shape index (κ3) is 7.12. The van der Waals surface area contributed by atoms with Crippen molar-refractivity contribution in [1.29, 1.82) is 0 Å². The van der Waals surface area contributed by atoms with E-state index in [-0.39, 0.29) is 13.0 Å². The molecule has 0 heterocycles. The smallest absolute Gasteiger partial charge is 0.326 e. The number of carbonyl (C=O) groups excluding carboxylic acids is 1. The Hall–Kier alpha value is -2.12. The van der Waals surface area contributed by atoms with Crippen molar-refractivity contribution in [2.75, 3.05) is 33.5 Å². The van der Waals surface area contributed by atoms with Crippen molar-refractivity contribution in [2.24, 2.45) is 0 Å². The highest BCUT2D eigenvalue weighted by molar-refractivity contribution is 5.84. The number of methoxy groups -OCH3 is 1. The minimum Gasteiger partial charge on any atom is -0.491 e. The van der Waals surface area contributed by atoms with E-state index in [2.05, 4.69) is 5.32 Å². The lowest BCUT2D eigenvalue weighted by Gasteiger charge is -2.17. The predicted molar refractivity (Wildman–Crippen MR) is 83.6 cm³/mol. The number of carboxylic acids is 1. The molecule has 2 N–H and O–H groups in total. The Morgan fingerprint density at radius 3 is 2.65 bits per heavy atom. The first kappa shape index (κ1) is 18.9. The zero-order valence-electron chi connectivity index (χ0n) is 13.4. The minimum atomic E-state index is -1.11. The van der Waals surface area contributed by atoms with Gasteiger partial charge >= 0.3 is 5.97 Å². The van der Waals surface area contributed by atoms with Gasteiger partial charge in [0.25, 0.3) is 0 Å². The second kappa shape index (κ2) is 10.6. The number of hydrogen-bond acceptors (Lipinski definition) is 5. The van der Waals surface area contributed by atoms with Crippen LogP contribution in [0.3, 0.4) is 0 Å². The second-order valence-electron chi connectivity index (χ2n) is 4.75. The summed E-state index contributed by atoms with van der Waals surface area (Å²) in [6, 6.07) is 6.07. The topological polar surface area (TPSA) is 94.1 Å². The van der Waals surface area contributed by atoms with Crippen molar-refractivity contribution in [3.63, 3.8) is 0 Å². The van der Waals surface area contributed by atoms with Gasteiger partial charge in [-0.25, -0.2) is 4.79 Å². The normalized spacial score (nSPS) is 11.7. The van der Waals surface area contributed by atoms with Crippen LogP contribution in [0, 0.1) is 0 Å². The molecule has 128 valence electrons. The number of benzene rings is 1. The summed E-state index contributed by atoms with van der Waals surface area (Å²) < 4.78 is 15.5. The van der Waals surface area contributed by atoms with Crippen LogP contribution in [0.5, 0.6) is 5.75 Å². The van der Waals surface area contributed by atoms with Crippen molar-refractivity contribution in [2.45, 2.75) is 19.4 Å². The molecule has 1 aromatic rings. The van der Waals surface area contributed by atoms with E-state index in [1.165, 1.54) is 0 Å². The summed E-state index contributed by atoms with van der Waals surface area (Å²) in [7, 11) is 1.57. The summed E-state index contributed by atoms with van der Waals surface area (Å²) in [5, 5.41) is 11.7. The molecule has 0 fully saturated rings. The zero-order valence-corrected chi connectivity index (χ0v) is 13.4. The van der Waals surface area contributed by atoms with Gasteiger partial charge in [0.1, 0.15) is 25.0 Å². The molecule has 1 amide bonds. The van der Waals surface area contributed by atoms with Gasteiger partial charge in [-0.1, -0.05) is 18.2 Å². The number of rotatable bonds is 11. The third-order valence-corrected chi connectivity index (χ3v) is 3.01. The van der Waals surface area contributed by atoms with E-state index < -0.39 is 17.9 Å². The van der Waals surface area contributed by atoms with Crippen LogP contribution < -0.4 is 10.1 Å². The number of hydrogen-bond donors (Lipinski definition) is 2. The van der Waals surface area contributed by atoms with E-state index in [9.17, 15) is 14.7 Å². The Balaban J connectivity index is 2.72. The molecule has 0 unspecified atom stereocenters. The average molecular weight is 325 g/mol. The van der Waals surface area contributed by atoms with Crippen LogP contribution >= 0.6 is 0 Å². The molecular weight excluding hydrogens is 302 g/mol. The maximum Gasteiger partial charge on any atom is 0.326 e. The number of aliphatic carboxylic acids is 1. The number of carboxylic acid groups (broad SMARTS) is 1. The van der Waals surface area contributed by atoms with Crippen molar-refractivity contribution in [1.82, 2.24) is 5.32 Å². The van der Waals surface area contributed by atoms with Gasteiger partial charge in [0.05, 0.1) is 6.61 Å². The second-order valence-corrected chi connectivity index (χ2v) is 4.75. The Labute approximate surface area is 135 Å². The summed E-state index contributed by atoms with van der Waals surface area (Å²) in [6.45, 7) is 2.78. The van der Waals surface area contributed by atoms with E-state index in [0.29, 0.717) is 31.1 Å². The molecule has 0 aromatic heterocycles. The molecule has 1 rings (SSSR count). The lowest BCUT2D eigenvalue weighted by Crippen LogP contribution is -2.43. The van der Waals surface area contributed by atoms with E-state index in [4.69, 9.17) is 14.2 Å². The van der Waals surface area contributed by atoms with Crippen LogP contribution in [0.15, 0.2) is 24.3 Å². The molecule has 1 aromatic carbocycles. The minimum absolute atomic E-state index is 0.121. The van der Waals surface area contributed by atoms with Crippen molar-refractivity contribution in [3.8, 4) is 5.75 Å². The van der Waals surface area contributed by atoms with Crippen LogP contribution in [0.2, 0.25) is 0 Å². The highest BCUT2D eigenvalue weighted by Crippen LogP contribution is 2.19. The van der Waals surface area contributed by atoms with Gasteiger partial charge in [-0.15, -0.1) is 0 Å². The molecule has 0 radical (unpaired) electrons. The van der Waals surface area contributed by atoms with Gasteiger partial charge in [0, 0.05) is 20.1 Å². The summed E-state index contributed by atoms with van der Waals surface area (Å²) >= 11 is 0. The summed E-state index contributed by atoms with van der Waals surface area (Å²) in [5.41, 5.74) is 0.702. The van der Waals surface area contributed by atoms with Crippen LogP contribution in [0.4, 0.5) is 0 Å².